The first-order chi connectivity index (χ1) is 14.9. The summed E-state index contributed by atoms with van der Waals surface area (Å²) in [4.78, 5) is 28.0. The molecule has 2 aromatic carbocycles. The van der Waals surface area contributed by atoms with Gasteiger partial charge in [0.05, 0.1) is 22.6 Å². The fraction of sp³-hybridized carbons (Fsp3) is 0.304. The Bertz CT molecular complexity index is 991. The van der Waals surface area contributed by atoms with Gasteiger partial charge in [0.1, 0.15) is 0 Å². The number of carbonyl (C=O) groups is 2. The van der Waals surface area contributed by atoms with Crippen molar-refractivity contribution >= 4 is 68.8 Å². The molecule has 0 atom stereocenters. The van der Waals surface area contributed by atoms with Crippen LogP contribution in [-0.4, -0.2) is 36.5 Å². The van der Waals surface area contributed by atoms with Crippen molar-refractivity contribution in [3.8, 4) is 0 Å². The van der Waals surface area contributed by atoms with Crippen molar-refractivity contribution in [2.75, 3.05) is 19.7 Å². The molecule has 31 heavy (non-hydrogen) atoms. The van der Waals surface area contributed by atoms with Crippen LogP contribution in [0.4, 0.5) is 0 Å². The minimum absolute atomic E-state index is 0.109. The maximum absolute atomic E-state index is 12.5. The number of hydrogen-bond acceptors (Lipinski definition) is 4. The topological polar surface area (TPSA) is 46.6 Å². The van der Waals surface area contributed by atoms with Gasteiger partial charge in [-0.05, 0) is 55.7 Å². The van der Waals surface area contributed by atoms with E-state index in [1.54, 1.807) is 17.9 Å². The van der Waals surface area contributed by atoms with Gasteiger partial charge in [-0.3, -0.25) is 9.59 Å². The Balaban J connectivity index is 1.62. The van der Waals surface area contributed by atoms with Crippen LogP contribution in [0.25, 0.3) is 6.08 Å². The summed E-state index contributed by atoms with van der Waals surface area (Å²) < 4.78 is 6.06. The molecule has 0 unspecified atom stereocenters. The van der Waals surface area contributed by atoms with Gasteiger partial charge in [0, 0.05) is 33.4 Å². The summed E-state index contributed by atoms with van der Waals surface area (Å²) in [6.07, 6.45) is 4.42. The van der Waals surface area contributed by atoms with Gasteiger partial charge in [-0.2, -0.15) is 0 Å². The van der Waals surface area contributed by atoms with Crippen LogP contribution in [0, 0.1) is 5.92 Å². The van der Waals surface area contributed by atoms with Crippen molar-refractivity contribution < 1.29 is 14.3 Å². The molecule has 0 saturated carbocycles. The summed E-state index contributed by atoms with van der Waals surface area (Å²) in [7, 11) is 0. The molecule has 164 valence electrons. The number of ether oxygens (including phenoxy) is 1. The first-order valence-electron chi connectivity index (χ1n) is 9.94. The SMILES string of the molecule is CCOC(=O)C1CCN(C(=O)/C=C/c2ccc(Sc3cccc(Br)c3)c(Cl)c2Cl)CC1. The number of carbonyl (C=O) groups excluding carboxylic acids is 2. The lowest BCUT2D eigenvalue weighted by Gasteiger charge is -2.30. The van der Waals surface area contributed by atoms with Crippen LogP contribution in [0.1, 0.15) is 25.3 Å². The maximum Gasteiger partial charge on any atom is 0.309 e. The van der Waals surface area contributed by atoms with E-state index in [2.05, 4.69) is 15.9 Å². The van der Waals surface area contributed by atoms with Crippen molar-refractivity contribution in [3.05, 3.63) is 62.6 Å². The molecule has 0 spiro atoms. The summed E-state index contributed by atoms with van der Waals surface area (Å²) in [6, 6.07) is 11.7. The zero-order valence-corrected chi connectivity index (χ0v) is 20.9. The molecule has 0 bridgehead atoms. The largest absolute Gasteiger partial charge is 0.466 e. The van der Waals surface area contributed by atoms with Gasteiger partial charge in [-0.25, -0.2) is 0 Å². The van der Waals surface area contributed by atoms with E-state index in [-0.39, 0.29) is 17.8 Å². The average Bonchev–Trinajstić information content (AvgIpc) is 2.76. The molecule has 1 aliphatic heterocycles. The van der Waals surface area contributed by atoms with E-state index in [1.165, 1.54) is 17.8 Å². The lowest BCUT2D eigenvalue weighted by Crippen LogP contribution is -2.39. The third-order valence-corrected chi connectivity index (χ3v) is 7.48. The monoisotopic (exact) mass is 541 g/mol. The molecule has 0 aromatic heterocycles. The summed E-state index contributed by atoms with van der Waals surface area (Å²) in [5.41, 5.74) is 0.681. The molecular formula is C23H22BrCl2NO3S. The second kappa shape index (κ2) is 11.4. The lowest BCUT2D eigenvalue weighted by atomic mass is 9.97. The van der Waals surface area contributed by atoms with Gasteiger partial charge in [0.25, 0.3) is 0 Å². The zero-order valence-electron chi connectivity index (χ0n) is 16.9. The molecule has 1 amide bonds. The Morgan fingerprint density at radius 2 is 1.94 bits per heavy atom. The van der Waals surface area contributed by atoms with Crippen molar-refractivity contribution in [3.63, 3.8) is 0 Å². The Morgan fingerprint density at radius 3 is 2.61 bits per heavy atom. The second-order valence-corrected chi connectivity index (χ2v) is 9.81. The molecule has 1 aliphatic rings. The molecule has 8 heteroatoms. The molecule has 0 aliphatic carbocycles. The number of rotatable bonds is 6. The predicted octanol–water partition coefficient (Wildman–Crippen LogP) is 6.72. The number of piperidine rings is 1. The first kappa shape index (κ1) is 24.2. The van der Waals surface area contributed by atoms with Crippen LogP contribution in [0.15, 0.2) is 56.7 Å². The minimum Gasteiger partial charge on any atom is -0.466 e. The summed E-state index contributed by atoms with van der Waals surface area (Å²) in [6.45, 7) is 3.24. The standard InChI is InChI=1S/C23H22BrCl2NO3S/c1-2-30-23(29)16-10-12-27(13-11-16)20(28)9-7-15-6-8-19(22(26)21(15)25)31-18-5-3-4-17(24)14-18/h3-9,14,16H,2,10-13H2,1H3/b9-7+. The van der Waals surface area contributed by atoms with Crippen LogP contribution in [0.2, 0.25) is 10.0 Å². The highest BCUT2D eigenvalue weighted by Gasteiger charge is 2.27. The van der Waals surface area contributed by atoms with E-state index in [1.807, 2.05) is 36.4 Å². The molecule has 0 radical (unpaired) electrons. The Labute approximate surface area is 205 Å². The number of halogens is 3. The normalized spacial score (nSPS) is 14.8. The molecule has 2 aromatic rings. The highest BCUT2D eigenvalue weighted by atomic mass is 79.9. The predicted molar refractivity (Wildman–Crippen MR) is 130 cm³/mol. The van der Waals surface area contributed by atoms with E-state index < -0.39 is 0 Å². The Morgan fingerprint density at radius 1 is 1.19 bits per heavy atom. The molecule has 3 rings (SSSR count). The quantitative estimate of drug-likeness (QED) is 0.300. The van der Waals surface area contributed by atoms with Crippen molar-refractivity contribution in [1.82, 2.24) is 4.90 Å². The number of nitrogens with zero attached hydrogens (tertiary/aromatic N) is 1. The molecule has 0 N–H and O–H groups in total. The smallest absolute Gasteiger partial charge is 0.309 e. The highest BCUT2D eigenvalue weighted by molar-refractivity contribution is 9.10. The third kappa shape index (κ3) is 6.51. The Hall–Kier alpha value is -1.47. The van der Waals surface area contributed by atoms with E-state index >= 15 is 0 Å². The number of esters is 1. The van der Waals surface area contributed by atoms with Gasteiger partial charge in [0.15, 0.2) is 0 Å². The van der Waals surface area contributed by atoms with E-state index in [9.17, 15) is 9.59 Å². The minimum atomic E-state index is -0.174. The maximum atomic E-state index is 12.5. The summed E-state index contributed by atoms with van der Waals surface area (Å²) in [5.74, 6) is -0.411. The zero-order chi connectivity index (χ0) is 22.4. The highest BCUT2D eigenvalue weighted by Crippen LogP contribution is 2.39. The lowest BCUT2D eigenvalue weighted by molar-refractivity contribution is -0.150. The fourth-order valence-corrected chi connectivity index (χ4v) is 5.31. The second-order valence-electron chi connectivity index (χ2n) is 7.03. The fourth-order valence-electron chi connectivity index (χ4n) is 3.27. The van der Waals surface area contributed by atoms with Crippen LogP contribution in [0.3, 0.4) is 0 Å². The van der Waals surface area contributed by atoms with Gasteiger partial charge in [-0.15, -0.1) is 0 Å². The van der Waals surface area contributed by atoms with Gasteiger partial charge in [0.2, 0.25) is 5.91 Å². The average molecular weight is 543 g/mol. The number of benzene rings is 2. The van der Waals surface area contributed by atoms with Crippen molar-refractivity contribution in [2.45, 2.75) is 29.6 Å². The van der Waals surface area contributed by atoms with E-state index in [0.29, 0.717) is 48.1 Å². The molecular weight excluding hydrogens is 521 g/mol. The van der Waals surface area contributed by atoms with Gasteiger partial charge in [-0.1, -0.05) is 63.0 Å². The molecule has 4 nitrogen and oxygen atoms in total. The third-order valence-electron chi connectivity index (χ3n) is 4.93. The molecule has 1 fully saturated rings. The van der Waals surface area contributed by atoms with Crippen LogP contribution in [-0.2, 0) is 14.3 Å². The van der Waals surface area contributed by atoms with E-state index in [0.717, 1.165) is 14.3 Å². The van der Waals surface area contributed by atoms with Crippen molar-refractivity contribution in [2.24, 2.45) is 5.92 Å². The van der Waals surface area contributed by atoms with Gasteiger partial charge >= 0.3 is 5.97 Å². The van der Waals surface area contributed by atoms with Crippen LogP contribution in [0.5, 0.6) is 0 Å². The number of amides is 1. The number of likely N-dealkylation sites (tertiary alicyclic amines) is 1. The van der Waals surface area contributed by atoms with Gasteiger partial charge < -0.3 is 9.64 Å². The summed E-state index contributed by atoms with van der Waals surface area (Å²) in [5, 5.41) is 0.864. The molecule has 1 saturated heterocycles. The summed E-state index contributed by atoms with van der Waals surface area (Å²) >= 11 is 17.9. The van der Waals surface area contributed by atoms with Crippen LogP contribution >= 0.6 is 50.9 Å². The molecule has 1 heterocycles. The van der Waals surface area contributed by atoms with E-state index in [4.69, 9.17) is 27.9 Å². The number of hydrogen-bond donors (Lipinski definition) is 0. The Kier molecular flexibility index (Phi) is 8.90. The van der Waals surface area contributed by atoms with Crippen molar-refractivity contribution in [1.29, 1.82) is 0 Å². The first-order valence-corrected chi connectivity index (χ1v) is 12.3. The van der Waals surface area contributed by atoms with Crippen LogP contribution < -0.4 is 0 Å².